The van der Waals surface area contributed by atoms with Gasteiger partial charge in [-0.1, -0.05) is 19.1 Å². The van der Waals surface area contributed by atoms with Gasteiger partial charge in [0.1, 0.15) is 5.82 Å². The molecule has 0 aliphatic carbocycles. The highest BCUT2D eigenvalue weighted by molar-refractivity contribution is 5.88. The lowest BCUT2D eigenvalue weighted by molar-refractivity contribution is -0.114. The van der Waals surface area contributed by atoms with Crippen LogP contribution in [-0.4, -0.2) is 15.9 Å². The minimum absolute atomic E-state index is 0.0712. The number of aromatic nitrogens is 2. The number of hydrogen-bond acceptors (Lipinski definition) is 3. The van der Waals surface area contributed by atoms with Crippen molar-refractivity contribution in [1.82, 2.24) is 9.97 Å². The first-order valence-corrected chi connectivity index (χ1v) is 5.89. The third-order valence-electron chi connectivity index (χ3n) is 2.52. The van der Waals surface area contributed by atoms with E-state index in [2.05, 4.69) is 15.3 Å². The molecule has 0 saturated heterocycles. The molecule has 92 valence electrons. The molecule has 0 bridgehead atoms. The second kappa shape index (κ2) is 5.40. The number of rotatable bonds is 3. The Bertz CT molecular complexity index is 549. The van der Waals surface area contributed by atoms with Crippen LogP contribution in [0.5, 0.6) is 0 Å². The van der Waals surface area contributed by atoms with Gasteiger partial charge in [0.05, 0.1) is 5.69 Å². The summed E-state index contributed by atoms with van der Waals surface area (Å²) in [6, 6.07) is 9.49. The van der Waals surface area contributed by atoms with E-state index in [4.69, 9.17) is 0 Å². The lowest BCUT2D eigenvalue weighted by Crippen LogP contribution is -2.05. The molecule has 0 atom stereocenters. The minimum Gasteiger partial charge on any atom is -0.326 e. The summed E-state index contributed by atoms with van der Waals surface area (Å²) < 4.78 is 0. The molecule has 1 heterocycles. The molecule has 2 aromatic rings. The molecule has 18 heavy (non-hydrogen) atoms. The Hall–Kier alpha value is -2.23. The second-order valence-corrected chi connectivity index (χ2v) is 3.97. The zero-order chi connectivity index (χ0) is 13.0. The maximum Gasteiger partial charge on any atom is 0.221 e. The van der Waals surface area contributed by atoms with Crippen LogP contribution in [0.4, 0.5) is 5.69 Å². The van der Waals surface area contributed by atoms with Gasteiger partial charge in [-0.2, -0.15) is 0 Å². The highest BCUT2D eigenvalue weighted by Crippen LogP contribution is 2.19. The molecule has 4 nitrogen and oxygen atoms in total. The molecule has 0 spiro atoms. The van der Waals surface area contributed by atoms with E-state index < -0.39 is 0 Å². The van der Waals surface area contributed by atoms with Crippen molar-refractivity contribution in [1.29, 1.82) is 0 Å². The monoisotopic (exact) mass is 241 g/mol. The summed E-state index contributed by atoms with van der Waals surface area (Å²) in [5.41, 5.74) is 2.70. The molecule has 1 amide bonds. The SMILES string of the molecule is CCc1nccc(-c2ccc(NC(C)=O)cc2)n1. The molecule has 0 radical (unpaired) electrons. The van der Waals surface area contributed by atoms with E-state index in [1.807, 2.05) is 37.3 Å². The summed E-state index contributed by atoms with van der Waals surface area (Å²) >= 11 is 0. The Labute approximate surface area is 106 Å². The molecule has 0 aliphatic heterocycles. The van der Waals surface area contributed by atoms with Crippen LogP contribution < -0.4 is 5.32 Å². The van der Waals surface area contributed by atoms with E-state index in [0.717, 1.165) is 29.2 Å². The number of nitrogens with zero attached hydrogens (tertiary/aromatic N) is 2. The standard InChI is InChI=1S/C14H15N3O/c1-3-14-15-9-8-13(17-14)11-4-6-12(7-5-11)16-10(2)18/h4-9H,3H2,1-2H3,(H,16,18). The van der Waals surface area contributed by atoms with Gasteiger partial charge in [0, 0.05) is 30.8 Å². The molecule has 2 rings (SSSR count). The number of carbonyl (C=O) groups excluding carboxylic acids is 1. The Kier molecular flexibility index (Phi) is 3.67. The van der Waals surface area contributed by atoms with Crippen molar-refractivity contribution in [2.24, 2.45) is 0 Å². The fourth-order valence-electron chi connectivity index (χ4n) is 1.66. The van der Waals surface area contributed by atoms with Crippen LogP contribution in [-0.2, 0) is 11.2 Å². The third-order valence-corrected chi connectivity index (χ3v) is 2.52. The molecule has 1 N–H and O–H groups in total. The molecule has 0 saturated carbocycles. The normalized spacial score (nSPS) is 10.1. The molecule has 4 heteroatoms. The first-order chi connectivity index (χ1) is 8.69. The predicted octanol–water partition coefficient (Wildman–Crippen LogP) is 2.66. The number of amides is 1. The molecule has 0 aliphatic rings. The summed E-state index contributed by atoms with van der Waals surface area (Å²) in [6.45, 7) is 3.52. The molecule has 0 fully saturated rings. The quantitative estimate of drug-likeness (QED) is 0.898. The summed E-state index contributed by atoms with van der Waals surface area (Å²) in [4.78, 5) is 19.5. The van der Waals surface area contributed by atoms with Crippen molar-refractivity contribution >= 4 is 11.6 Å². The maximum absolute atomic E-state index is 10.9. The summed E-state index contributed by atoms with van der Waals surface area (Å²) in [5.74, 6) is 0.761. The molecular formula is C14H15N3O. The highest BCUT2D eigenvalue weighted by atomic mass is 16.1. The third kappa shape index (κ3) is 2.91. The number of aryl methyl sites for hydroxylation is 1. The zero-order valence-electron chi connectivity index (χ0n) is 10.5. The van der Waals surface area contributed by atoms with Crippen LogP contribution in [0.3, 0.4) is 0 Å². The Balaban J connectivity index is 2.25. The van der Waals surface area contributed by atoms with E-state index in [9.17, 15) is 4.79 Å². The van der Waals surface area contributed by atoms with E-state index >= 15 is 0 Å². The zero-order valence-corrected chi connectivity index (χ0v) is 10.5. The van der Waals surface area contributed by atoms with Crippen LogP contribution in [0.25, 0.3) is 11.3 Å². The molecular weight excluding hydrogens is 226 g/mol. The van der Waals surface area contributed by atoms with Crippen molar-refractivity contribution in [2.75, 3.05) is 5.32 Å². The smallest absolute Gasteiger partial charge is 0.221 e. The van der Waals surface area contributed by atoms with Crippen LogP contribution in [0.2, 0.25) is 0 Å². The highest BCUT2D eigenvalue weighted by Gasteiger charge is 2.02. The van der Waals surface area contributed by atoms with Gasteiger partial charge < -0.3 is 5.32 Å². The van der Waals surface area contributed by atoms with Gasteiger partial charge in [0.2, 0.25) is 5.91 Å². The van der Waals surface area contributed by atoms with Crippen molar-refractivity contribution < 1.29 is 4.79 Å². The Morgan fingerprint density at radius 1 is 1.22 bits per heavy atom. The fourth-order valence-corrected chi connectivity index (χ4v) is 1.66. The number of carbonyl (C=O) groups is 1. The van der Waals surface area contributed by atoms with Gasteiger partial charge in [-0.05, 0) is 18.2 Å². The summed E-state index contributed by atoms with van der Waals surface area (Å²) in [5, 5.41) is 2.73. The molecule has 0 unspecified atom stereocenters. The number of hydrogen-bond donors (Lipinski definition) is 1. The van der Waals surface area contributed by atoms with E-state index in [1.165, 1.54) is 6.92 Å². The van der Waals surface area contributed by atoms with Crippen molar-refractivity contribution in [3.8, 4) is 11.3 Å². The predicted molar refractivity (Wildman–Crippen MR) is 71.1 cm³/mol. The fraction of sp³-hybridized carbons (Fsp3) is 0.214. The Morgan fingerprint density at radius 3 is 2.56 bits per heavy atom. The first kappa shape index (κ1) is 12.2. The number of anilines is 1. The van der Waals surface area contributed by atoms with Crippen LogP contribution in [0.1, 0.15) is 19.7 Å². The first-order valence-electron chi connectivity index (χ1n) is 5.89. The largest absolute Gasteiger partial charge is 0.326 e. The lowest BCUT2D eigenvalue weighted by Gasteiger charge is -2.05. The van der Waals surface area contributed by atoms with Gasteiger partial charge in [0.25, 0.3) is 0 Å². The Morgan fingerprint density at radius 2 is 1.94 bits per heavy atom. The van der Waals surface area contributed by atoms with Gasteiger partial charge >= 0.3 is 0 Å². The molecule has 1 aromatic carbocycles. The summed E-state index contributed by atoms with van der Waals surface area (Å²) in [6.07, 6.45) is 2.58. The van der Waals surface area contributed by atoms with Crippen LogP contribution >= 0.6 is 0 Å². The van der Waals surface area contributed by atoms with Gasteiger partial charge in [-0.15, -0.1) is 0 Å². The second-order valence-electron chi connectivity index (χ2n) is 3.97. The van der Waals surface area contributed by atoms with Crippen molar-refractivity contribution in [3.63, 3.8) is 0 Å². The number of nitrogens with one attached hydrogen (secondary N) is 1. The minimum atomic E-state index is -0.0712. The van der Waals surface area contributed by atoms with Gasteiger partial charge in [-0.3, -0.25) is 4.79 Å². The van der Waals surface area contributed by atoms with E-state index in [0.29, 0.717) is 0 Å². The van der Waals surface area contributed by atoms with E-state index in [1.54, 1.807) is 6.20 Å². The van der Waals surface area contributed by atoms with Crippen LogP contribution in [0.15, 0.2) is 36.5 Å². The van der Waals surface area contributed by atoms with Crippen molar-refractivity contribution in [2.45, 2.75) is 20.3 Å². The maximum atomic E-state index is 10.9. The topological polar surface area (TPSA) is 54.9 Å². The van der Waals surface area contributed by atoms with E-state index in [-0.39, 0.29) is 5.91 Å². The lowest BCUT2D eigenvalue weighted by atomic mass is 10.1. The average molecular weight is 241 g/mol. The van der Waals surface area contributed by atoms with Gasteiger partial charge in [0.15, 0.2) is 0 Å². The van der Waals surface area contributed by atoms with Crippen LogP contribution in [0, 0.1) is 0 Å². The van der Waals surface area contributed by atoms with Gasteiger partial charge in [-0.25, -0.2) is 9.97 Å². The number of benzene rings is 1. The average Bonchev–Trinajstić information content (AvgIpc) is 2.39. The molecule has 1 aromatic heterocycles. The summed E-state index contributed by atoms with van der Waals surface area (Å²) in [7, 11) is 0. The van der Waals surface area contributed by atoms with Crippen molar-refractivity contribution in [3.05, 3.63) is 42.4 Å².